The van der Waals surface area contributed by atoms with Crippen LogP contribution in [0.1, 0.15) is 0 Å². The fourth-order valence-corrected chi connectivity index (χ4v) is 4.06. The third-order valence-electron chi connectivity index (χ3n) is 4.56. The minimum Gasteiger partial charge on any atom is -0.394 e. The van der Waals surface area contributed by atoms with Gasteiger partial charge in [0.15, 0.2) is 5.82 Å². The summed E-state index contributed by atoms with van der Waals surface area (Å²) in [6.45, 7) is 3.63. The Morgan fingerprint density at radius 1 is 0.852 bits per heavy atom. The number of benzene rings is 2. The van der Waals surface area contributed by atoms with Crippen LogP contribution in [0.25, 0.3) is 0 Å². The van der Waals surface area contributed by atoms with Crippen molar-refractivity contribution in [3.8, 4) is 0 Å². The van der Waals surface area contributed by atoms with Crippen LogP contribution in [0.4, 0.5) is 17.2 Å². The molecule has 1 saturated heterocycles. The molecule has 0 aliphatic carbocycles. The number of nitrogen functional groups attached to an aromatic ring is 1. The molecule has 1 aromatic heterocycles. The molecule has 2 N–H and O–H groups in total. The van der Waals surface area contributed by atoms with Crippen LogP contribution in [0, 0.1) is 0 Å². The molecule has 1 fully saturated rings. The number of piperazine rings is 1. The minimum absolute atomic E-state index is 0.630. The van der Waals surface area contributed by atoms with Crippen molar-refractivity contribution in [3.63, 3.8) is 0 Å². The maximum absolute atomic E-state index is 6.41. The van der Waals surface area contributed by atoms with Crippen molar-refractivity contribution in [2.75, 3.05) is 41.7 Å². The first-order chi connectivity index (χ1) is 13.2. The summed E-state index contributed by atoms with van der Waals surface area (Å²) in [6.07, 6.45) is 1.59. The Morgan fingerprint density at radius 3 is 2.22 bits per heavy atom. The second-order valence-corrected chi connectivity index (χ2v) is 7.78. The van der Waals surface area contributed by atoms with E-state index >= 15 is 0 Å². The van der Waals surface area contributed by atoms with Crippen molar-refractivity contribution in [2.24, 2.45) is 0 Å². The summed E-state index contributed by atoms with van der Waals surface area (Å²) in [5, 5.41) is 1.49. The standard InChI is InChI=1S/C20H20ClN5S/c21-15-6-8-17(9-7-15)27-20-18(22)19(23-14-24-20)26-12-10-25(11-13-26)16-4-2-1-3-5-16/h1-9,14H,10-13,22H2. The van der Waals surface area contributed by atoms with Crippen molar-refractivity contribution in [3.05, 3.63) is 65.9 Å². The summed E-state index contributed by atoms with van der Waals surface area (Å²) in [5.74, 6) is 0.814. The molecule has 4 rings (SSSR count). The number of hydrogen-bond acceptors (Lipinski definition) is 6. The van der Waals surface area contributed by atoms with Gasteiger partial charge >= 0.3 is 0 Å². The van der Waals surface area contributed by atoms with E-state index in [1.165, 1.54) is 17.4 Å². The van der Waals surface area contributed by atoms with E-state index in [2.05, 4.69) is 44.0 Å². The highest BCUT2D eigenvalue weighted by Crippen LogP contribution is 2.35. The Bertz CT molecular complexity index is 896. The van der Waals surface area contributed by atoms with Gasteiger partial charge in [0.1, 0.15) is 17.0 Å². The van der Waals surface area contributed by atoms with Crippen LogP contribution in [0.5, 0.6) is 0 Å². The second-order valence-electron chi connectivity index (χ2n) is 6.28. The zero-order valence-electron chi connectivity index (χ0n) is 14.8. The molecule has 27 heavy (non-hydrogen) atoms. The number of para-hydroxylation sites is 1. The Labute approximate surface area is 168 Å². The van der Waals surface area contributed by atoms with Gasteiger partial charge < -0.3 is 15.5 Å². The highest BCUT2D eigenvalue weighted by atomic mass is 35.5. The van der Waals surface area contributed by atoms with E-state index in [0.29, 0.717) is 10.7 Å². The average Bonchev–Trinajstić information content (AvgIpc) is 2.72. The molecule has 0 bridgehead atoms. The van der Waals surface area contributed by atoms with E-state index in [0.717, 1.165) is 41.9 Å². The predicted molar refractivity (Wildman–Crippen MR) is 113 cm³/mol. The molecule has 5 nitrogen and oxygen atoms in total. The van der Waals surface area contributed by atoms with E-state index < -0.39 is 0 Å². The quantitative estimate of drug-likeness (QED) is 0.666. The predicted octanol–water partition coefficient (Wildman–Crippen LogP) is 4.19. The summed E-state index contributed by atoms with van der Waals surface area (Å²) in [5.41, 5.74) is 8.30. The van der Waals surface area contributed by atoms with Crippen molar-refractivity contribution in [1.82, 2.24) is 9.97 Å². The van der Waals surface area contributed by atoms with E-state index in [4.69, 9.17) is 17.3 Å². The molecule has 3 aromatic rings. The number of aromatic nitrogens is 2. The summed E-state index contributed by atoms with van der Waals surface area (Å²) < 4.78 is 0. The maximum atomic E-state index is 6.41. The van der Waals surface area contributed by atoms with E-state index in [9.17, 15) is 0 Å². The van der Waals surface area contributed by atoms with Gasteiger partial charge in [0.2, 0.25) is 0 Å². The highest BCUT2D eigenvalue weighted by molar-refractivity contribution is 7.99. The van der Waals surface area contributed by atoms with Crippen LogP contribution in [-0.2, 0) is 0 Å². The lowest BCUT2D eigenvalue weighted by molar-refractivity contribution is 0.646. The van der Waals surface area contributed by atoms with Gasteiger partial charge in [-0.3, -0.25) is 0 Å². The smallest absolute Gasteiger partial charge is 0.156 e. The lowest BCUT2D eigenvalue weighted by Crippen LogP contribution is -2.47. The molecule has 1 aliphatic rings. The third kappa shape index (κ3) is 4.12. The highest BCUT2D eigenvalue weighted by Gasteiger charge is 2.21. The van der Waals surface area contributed by atoms with E-state index in [1.807, 2.05) is 30.3 Å². The van der Waals surface area contributed by atoms with Crippen LogP contribution in [0.3, 0.4) is 0 Å². The third-order valence-corrected chi connectivity index (χ3v) is 5.83. The van der Waals surface area contributed by atoms with Crippen LogP contribution in [0.2, 0.25) is 5.02 Å². The van der Waals surface area contributed by atoms with Gasteiger partial charge in [0, 0.05) is 41.8 Å². The molecule has 7 heteroatoms. The molecule has 0 saturated carbocycles. The average molecular weight is 398 g/mol. The lowest BCUT2D eigenvalue weighted by Gasteiger charge is -2.37. The molecule has 2 heterocycles. The lowest BCUT2D eigenvalue weighted by atomic mass is 10.2. The van der Waals surface area contributed by atoms with Crippen molar-refractivity contribution < 1.29 is 0 Å². The van der Waals surface area contributed by atoms with Crippen molar-refractivity contribution in [1.29, 1.82) is 0 Å². The Balaban J connectivity index is 1.47. The summed E-state index contributed by atoms with van der Waals surface area (Å²) in [4.78, 5) is 14.5. The molecule has 0 spiro atoms. The number of anilines is 3. The van der Waals surface area contributed by atoms with Crippen molar-refractivity contribution in [2.45, 2.75) is 9.92 Å². The largest absolute Gasteiger partial charge is 0.394 e. The number of nitrogens with zero attached hydrogens (tertiary/aromatic N) is 4. The van der Waals surface area contributed by atoms with Gasteiger partial charge in [-0.15, -0.1) is 0 Å². The second kappa shape index (κ2) is 8.06. The SMILES string of the molecule is Nc1c(Sc2ccc(Cl)cc2)ncnc1N1CCN(c2ccccc2)CC1. The summed E-state index contributed by atoms with van der Waals surface area (Å²) >= 11 is 7.49. The monoisotopic (exact) mass is 397 g/mol. The first-order valence-corrected chi connectivity index (χ1v) is 9.99. The fraction of sp³-hybridized carbons (Fsp3) is 0.200. The number of hydrogen-bond donors (Lipinski definition) is 1. The molecule has 1 aliphatic heterocycles. The minimum atomic E-state index is 0.630. The summed E-state index contributed by atoms with van der Waals surface area (Å²) in [6, 6.07) is 18.1. The van der Waals surface area contributed by atoms with Gasteiger partial charge in [-0.1, -0.05) is 41.6 Å². The zero-order valence-corrected chi connectivity index (χ0v) is 16.3. The normalized spacial score (nSPS) is 14.4. The number of nitrogens with two attached hydrogens (primary N) is 1. The van der Waals surface area contributed by atoms with E-state index in [1.54, 1.807) is 6.33 Å². The first kappa shape index (κ1) is 17.9. The Hall–Kier alpha value is -2.44. The Morgan fingerprint density at radius 2 is 1.52 bits per heavy atom. The van der Waals surface area contributed by atoms with Crippen LogP contribution in [0.15, 0.2) is 70.8 Å². The zero-order chi connectivity index (χ0) is 18.6. The van der Waals surface area contributed by atoms with E-state index in [-0.39, 0.29) is 0 Å². The molecule has 0 atom stereocenters. The molecule has 138 valence electrons. The van der Waals surface area contributed by atoms with Crippen LogP contribution < -0.4 is 15.5 Å². The topological polar surface area (TPSA) is 58.3 Å². The van der Waals surface area contributed by atoms with Crippen molar-refractivity contribution >= 4 is 40.6 Å². The number of halogens is 1. The molecule has 2 aromatic carbocycles. The van der Waals surface area contributed by atoms with Crippen LogP contribution >= 0.6 is 23.4 Å². The molecule has 0 amide bonds. The van der Waals surface area contributed by atoms with Gasteiger partial charge in [-0.05, 0) is 36.4 Å². The van der Waals surface area contributed by atoms with Gasteiger partial charge in [-0.25, -0.2) is 9.97 Å². The molecule has 0 unspecified atom stereocenters. The maximum Gasteiger partial charge on any atom is 0.156 e. The molecule has 0 radical (unpaired) electrons. The number of rotatable bonds is 4. The first-order valence-electron chi connectivity index (χ1n) is 8.79. The van der Waals surface area contributed by atoms with Gasteiger partial charge in [0.25, 0.3) is 0 Å². The summed E-state index contributed by atoms with van der Waals surface area (Å²) in [7, 11) is 0. The fourth-order valence-electron chi connectivity index (χ4n) is 3.13. The molecular weight excluding hydrogens is 378 g/mol. The van der Waals surface area contributed by atoms with Crippen LogP contribution in [-0.4, -0.2) is 36.1 Å². The van der Waals surface area contributed by atoms with Gasteiger partial charge in [-0.2, -0.15) is 0 Å². The van der Waals surface area contributed by atoms with Gasteiger partial charge in [0.05, 0.1) is 0 Å². The Kier molecular flexibility index (Phi) is 5.36. The molecular formula is C20H20ClN5S.